The normalized spacial score (nSPS) is 11.9. The lowest BCUT2D eigenvalue weighted by molar-refractivity contribution is 0.0259. The van der Waals surface area contributed by atoms with Crippen LogP contribution in [0.2, 0.25) is 0 Å². The largest absolute Gasteiger partial charge is 0.385 e. The monoisotopic (exact) mass is 100 g/mol. The Hall–Kier alpha value is 0.0249. The lowest BCUT2D eigenvalue weighted by atomic mass is 10.1. The Bertz CT molecular complexity index is 46.5. The molecule has 0 spiro atoms. The van der Waals surface area contributed by atoms with Gasteiger partial charge in [-0.15, -0.1) is 0 Å². The molecule has 42 valence electrons. The quantitative estimate of drug-likeness (QED) is 0.433. The van der Waals surface area contributed by atoms with Crippen molar-refractivity contribution in [1.29, 1.82) is 0 Å². The summed E-state index contributed by atoms with van der Waals surface area (Å²) < 4.78 is 5.23. The summed E-state index contributed by atoms with van der Waals surface area (Å²) in [5, 5.41) is 0. The Morgan fingerprint density at radius 2 is 1.86 bits per heavy atom. The van der Waals surface area contributed by atoms with E-state index < -0.39 is 0 Å². The molecule has 0 saturated heterocycles. The van der Waals surface area contributed by atoms with Crippen LogP contribution in [0.5, 0.6) is 0 Å². The fourth-order valence-corrected chi connectivity index (χ4v) is 0.433. The van der Waals surface area contributed by atoms with Crippen molar-refractivity contribution in [1.82, 2.24) is 0 Å². The van der Waals surface area contributed by atoms with E-state index in [9.17, 15) is 0 Å². The lowest BCUT2D eigenvalue weighted by Crippen LogP contribution is -2.19. The van der Waals surface area contributed by atoms with Crippen LogP contribution < -0.4 is 0 Å². The van der Waals surface area contributed by atoms with Gasteiger partial charge in [0, 0.05) is 6.51 Å². The second kappa shape index (κ2) is 2.36. The summed E-state index contributed by atoms with van der Waals surface area (Å²) in [5.74, 6) is 0. The second-order valence-electron chi connectivity index (χ2n) is 2.55. The van der Waals surface area contributed by atoms with Gasteiger partial charge in [0.1, 0.15) is 7.85 Å². The predicted molar refractivity (Wildman–Crippen MR) is 34.2 cm³/mol. The van der Waals surface area contributed by atoms with Crippen LogP contribution in [0.4, 0.5) is 0 Å². The second-order valence-corrected chi connectivity index (χ2v) is 2.55. The third kappa shape index (κ3) is 6.02. The fraction of sp³-hybridized carbons (Fsp3) is 1.00. The van der Waals surface area contributed by atoms with E-state index in [4.69, 9.17) is 4.74 Å². The molecular formula is C5H13BO. The smallest absolute Gasteiger partial charge is 0.135 e. The number of hydrogen-bond donors (Lipinski definition) is 0. The molecule has 0 aromatic rings. The van der Waals surface area contributed by atoms with Gasteiger partial charge in [-0.2, -0.15) is 0 Å². The number of hydrogen-bond acceptors (Lipinski definition) is 1. The molecule has 2 heteroatoms. The van der Waals surface area contributed by atoms with Gasteiger partial charge < -0.3 is 4.74 Å². The zero-order chi connectivity index (χ0) is 5.91. The molecule has 0 rings (SSSR count). The zero-order valence-electron chi connectivity index (χ0n) is 5.62. The molecule has 1 nitrogen and oxygen atoms in total. The van der Waals surface area contributed by atoms with Crippen LogP contribution >= 0.6 is 0 Å². The molecule has 0 heterocycles. The summed E-state index contributed by atoms with van der Waals surface area (Å²) in [5.41, 5.74) is 0.0503. The average molecular weight is 100.0 g/mol. The first kappa shape index (κ1) is 7.02. The van der Waals surface area contributed by atoms with E-state index in [0.717, 1.165) is 6.51 Å². The standard InChI is InChI=1S/C5H13BO/c1-5(2,3)7-4-6/h4,6H2,1-3H3. The van der Waals surface area contributed by atoms with Crippen molar-refractivity contribution in [2.75, 3.05) is 6.51 Å². The van der Waals surface area contributed by atoms with Gasteiger partial charge in [-0.25, -0.2) is 0 Å². The van der Waals surface area contributed by atoms with Crippen molar-refractivity contribution in [2.24, 2.45) is 0 Å². The molecule has 0 unspecified atom stereocenters. The van der Waals surface area contributed by atoms with Gasteiger partial charge in [0.15, 0.2) is 0 Å². The highest BCUT2D eigenvalue weighted by Crippen LogP contribution is 2.03. The molecule has 0 N–H and O–H groups in total. The molecule has 0 aromatic heterocycles. The highest BCUT2D eigenvalue weighted by atomic mass is 16.5. The molecule has 0 bridgehead atoms. The van der Waals surface area contributed by atoms with Crippen LogP contribution in [0, 0.1) is 0 Å². The van der Waals surface area contributed by atoms with Crippen molar-refractivity contribution in [3.63, 3.8) is 0 Å². The van der Waals surface area contributed by atoms with E-state index in [0.29, 0.717) is 0 Å². The first-order valence-electron chi connectivity index (χ1n) is 2.70. The Morgan fingerprint density at radius 3 is 1.86 bits per heavy atom. The third-order valence-electron chi connectivity index (χ3n) is 0.577. The predicted octanol–water partition coefficient (Wildman–Crippen LogP) is 0.392. The first-order valence-corrected chi connectivity index (χ1v) is 2.70. The topological polar surface area (TPSA) is 9.23 Å². The molecular weight excluding hydrogens is 86.9 g/mol. The summed E-state index contributed by atoms with van der Waals surface area (Å²) >= 11 is 0. The highest BCUT2D eigenvalue weighted by molar-refractivity contribution is 6.08. The summed E-state index contributed by atoms with van der Waals surface area (Å²) in [6.07, 6.45) is 0. The summed E-state index contributed by atoms with van der Waals surface area (Å²) in [7, 11) is 2.01. The summed E-state index contributed by atoms with van der Waals surface area (Å²) in [6, 6.07) is 0. The molecule has 0 aromatic carbocycles. The minimum Gasteiger partial charge on any atom is -0.385 e. The van der Waals surface area contributed by atoms with Gasteiger partial charge in [0.05, 0.1) is 5.60 Å². The van der Waals surface area contributed by atoms with Crippen molar-refractivity contribution in [3.8, 4) is 0 Å². The zero-order valence-corrected chi connectivity index (χ0v) is 5.62. The molecule has 0 aliphatic rings. The molecule has 0 saturated carbocycles. The van der Waals surface area contributed by atoms with Crippen LogP contribution in [-0.2, 0) is 4.74 Å². The number of ether oxygens (including phenoxy) is 1. The molecule has 0 atom stereocenters. The van der Waals surface area contributed by atoms with Crippen LogP contribution in [-0.4, -0.2) is 20.0 Å². The molecule has 7 heavy (non-hydrogen) atoms. The van der Waals surface area contributed by atoms with Crippen LogP contribution in [0.25, 0.3) is 0 Å². The maximum Gasteiger partial charge on any atom is 0.135 e. The lowest BCUT2D eigenvalue weighted by Gasteiger charge is -2.17. The number of rotatable bonds is 1. The van der Waals surface area contributed by atoms with Gasteiger partial charge in [0.25, 0.3) is 0 Å². The van der Waals surface area contributed by atoms with E-state index in [1.165, 1.54) is 0 Å². The SMILES string of the molecule is BCOC(C)(C)C. The van der Waals surface area contributed by atoms with Crippen molar-refractivity contribution in [2.45, 2.75) is 26.4 Å². The Balaban J connectivity index is 3.15. The molecule has 0 aliphatic carbocycles. The van der Waals surface area contributed by atoms with Gasteiger partial charge in [-0.1, -0.05) is 0 Å². The maximum atomic E-state index is 5.23. The maximum absolute atomic E-state index is 5.23. The van der Waals surface area contributed by atoms with Crippen LogP contribution in [0.1, 0.15) is 20.8 Å². The van der Waals surface area contributed by atoms with Gasteiger partial charge in [-0.3, -0.25) is 0 Å². The van der Waals surface area contributed by atoms with E-state index >= 15 is 0 Å². The van der Waals surface area contributed by atoms with E-state index in [1.54, 1.807) is 0 Å². The minimum atomic E-state index is 0.0503. The average Bonchev–Trinajstić information content (AvgIpc) is 1.30. The molecule has 0 radical (unpaired) electrons. The van der Waals surface area contributed by atoms with Gasteiger partial charge >= 0.3 is 0 Å². The van der Waals surface area contributed by atoms with Crippen molar-refractivity contribution in [3.05, 3.63) is 0 Å². The Morgan fingerprint density at radius 1 is 1.43 bits per heavy atom. The first-order chi connectivity index (χ1) is 3.06. The summed E-state index contributed by atoms with van der Waals surface area (Å²) in [6.45, 7) is 6.97. The third-order valence-corrected chi connectivity index (χ3v) is 0.577. The van der Waals surface area contributed by atoms with E-state index in [2.05, 4.69) is 20.8 Å². The van der Waals surface area contributed by atoms with Crippen molar-refractivity contribution >= 4 is 7.85 Å². The van der Waals surface area contributed by atoms with E-state index in [-0.39, 0.29) is 5.60 Å². The minimum absolute atomic E-state index is 0.0503. The van der Waals surface area contributed by atoms with Gasteiger partial charge in [0.2, 0.25) is 0 Å². The Labute approximate surface area is 46.5 Å². The van der Waals surface area contributed by atoms with Crippen molar-refractivity contribution < 1.29 is 4.74 Å². The highest BCUT2D eigenvalue weighted by Gasteiger charge is 2.06. The summed E-state index contributed by atoms with van der Waals surface area (Å²) in [4.78, 5) is 0. The van der Waals surface area contributed by atoms with Crippen LogP contribution in [0.15, 0.2) is 0 Å². The molecule has 0 aliphatic heterocycles. The molecule has 0 fully saturated rings. The van der Waals surface area contributed by atoms with Gasteiger partial charge in [-0.05, 0) is 20.8 Å². The molecule has 0 amide bonds. The van der Waals surface area contributed by atoms with Crippen LogP contribution in [0.3, 0.4) is 0 Å². The Kier molecular flexibility index (Phi) is 2.37. The fourth-order valence-electron chi connectivity index (χ4n) is 0.433. The van der Waals surface area contributed by atoms with E-state index in [1.807, 2.05) is 7.85 Å².